The average molecular weight is 447 g/mol. The number of unbranched alkanes of at least 4 members (excludes halogenated alkanes) is 5. The van der Waals surface area contributed by atoms with E-state index in [9.17, 15) is 18.3 Å². The third-order valence-electron chi connectivity index (χ3n) is 5.32. The molecule has 0 spiro atoms. The molecule has 0 saturated carbocycles. The minimum Gasteiger partial charge on any atom is -0.343 e. The van der Waals surface area contributed by atoms with Gasteiger partial charge in [-0.15, -0.1) is 0 Å². The first kappa shape index (κ1) is 27.9. The highest BCUT2D eigenvalue weighted by atomic mass is 19.2. The number of aryl methyl sites for hydroxylation is 1. The molecule has 0 bridgehead atoms. The van der Waals surface area contributed by atoms with Gasteiger partial charge in [0.05, 0.1) is 12.2 Å². The molecule has 0 saturated heterocycles. The fraction of sp³-hybridized carbons (Fsp3) is 0.760. The van der Waals surface area contributed by atoms with Crippen LogP contribution < -0.4 is 0 Å². The van der Waals surface area contributed by atoms with Crippen molar-refractivity contribution in [1.29, 1.82) is 0 Å². The molecule has 31 heavy (non-hydrogen) atoms. The van der Waals surface area contributed by atoms with Crippen molar-refractivity contribution in [1.82, 2.24) is 0 Å². The van der Waals surface area contributed by atoms with Gasteiger partial charge in [0.15, 0.2) is 11.6 Å². The number of benzene rings is 1. The molecule has 180 valence electrons. The normalized spacial score (nSPS) is 13.4. The summed E-state index contributed by atoms with van der Waals surface area (Å²) >= 11 is 0. The number of hydrogen-bond donors (Lipinski definition) is 1. The highest BCUT2D eigenvalue weighted by Crippen LogP contribution is 2.33. The molecule has 3 nitrogen and oxygen atoms in total. The number of hydrogen-bond acceptors (Lipinski definition) is 3. The largest absolute Gasteiger partial charge is 0.343 e. The zero-order valence-electron chi connectivity index (χ0n) is 19.9. The lowest BCUT2D eigenvalue weighted by Crippen LogP contribution is -2.47. The molecular formula is C25H41F3O3. The standard InChI is InChI=1S/C25H41F3O3/c1-6-7-8-9-10-11-14-21(25(29,30-18(2)3)31-19(4)5)15-12-13-20-16-23(27)24(28)17-22(20)26/h16-19,21,29H,6-15H2,1-5H3. The second-order valence-electron chi connectivity index (χ2n) is 8.97. The Kier molecular flexibility index (Phi) is 12.7. The molecular weight excluding hydrogens is 405 g/mol. The Labute approximate surface area is 186 Å². The van der Waals surface area contributed by atoms with Gasteiger partial charge in [-0.05, 0) is 65.0 Å². The first-order valence-corrected chi connectivity index (χ1v) is 11.8. The summed E-state index contributed by atoms with van der Waals surface area (Å²) in [6.45, 7) is 9.54. The van der Waals surface area contributed by atoms with Crippen molar-refractivity contribution in [2.45, 2.75) is 117 Å². The Hall–Kier alpha value is -1.11. The van der Waals surface area contributed by atoms with Crippen LogP contribution in [0, 0.1) is 23.4 Å². The Morgan fingerprint density at radius 3 is 1.87 bits per heavy atom. The summed E-state index contributed by atoms with van der Waals surface area (Å²) in [4.78, 5) is 0. The molecule has 0 aliphatic heterocycles. The van der Waals surface area contributed by atoms with Crippen LogP contribution in [-0.2, 0) is 15.9 Å². The van der Waals surface area contributed by atoms with Crippen LogP contribution in [0.4, 0.5) is 13.2 Å². The van der Waals surface area contributed by atoms with Crippen molar-refractivity contribution in [2.24, 2.45) is 5.92 Å². The minimum absolute atomic E-state index is 0.135. The fourth-order valence-electron chi connectivity index (χ4n) is 3.87. The smallest absolute Gasteiger partial charge is 0.283 e. The Morgan fingerprint density at radius 2 is 1.29 bits per heavy atom. The lowest BCUT2D eigenvalue weighted by Gasteiger charge is -2.38. The molecule has 0 amide bonds. The summed E-state index contributed by atoms with van der Waals surface area (Å²) in [7, 11) is 0. The van der Waals surface area contributed by atoms with Crippen LogP contribution >= 0.6 is 0 Å². The first-order chi connectivity index (χ1) is 14.6. The van der Waals surface area contributed by atoms with Crippen LogP contribution in [0.15, 0.2) is 12.1 Å². The van der Waals surface area contributed by atoms with Gasteiger partial charge in [0.25, 0.3) is 5.97 Å². The van der Waals surface area contributed by atoms with E-state index in [1.54, 1.807) is 0 Å². The first-order valence-electron chi connectivity index (χ1n) is 11.8. The molecule has 0 fully saturated rings. The van der Waals surface area contributed by atoms with Crippen LogP contribution in [0.1, 0.15) is 98.0 Å². The lowest BCUT2D eigenvalue weighted by atomic mass is 9.91. The second kappa shape index (κ2) is 14.1. The second-order valence-corrected chi connectivity index (χ2v) is 8.97. The molecule has 1 atom stereocenters. The van der Waals surface area contributed by atoms with Crippen molar-refractivity contribution in [3.05, 3.63) is 35.1 Å². The van der Waals surface area contributed by atoms with E-state index in [4.69, 9.17) is 9.47 Å². The van der Waals surface area contributed by atoms with Gasteiger partial charge >= 0.3 is 0 Å². The molecule has 0 aliphatic carbocycles. The van der Waals surface area contributed by atoms with E-state index in [0.717, 1.165) is 25.3 Å². The van der Waals surface area contributed by atoms with Crippen molar-refractivity contribution in [2.75, 3.05) is 0 Å². The Balaban J connectivity index is 2.83. The van der Waals surface area contributed by atoms with E-state index in [-0.39, 0.29) is 30.1 Å². The average Bonchev–Trinajstić information content (AvgIpc) is 2.65. The summed E-state index contributed by atoms with van der Waals surface area (Å²) in [5.74, 6) is -5.04. The number of aliphatic hydroxyl groups is 1. The molecule has 6 heteroatoms. The highest BCUT2D eigenvalue weighted by molar-refractivity contribution is 5.20. The van der Waals surface area contributed by atoms with Gasteiger partial charge in [-0.2, -0.15) is 0 Å². The van der Waals surface area contributed by atoms with E-state index in [2.05, 4.69) is 6.92 Å². The lowest BCUT2D eigenvalue weighted by molar-refractivity contribution is -0.407. The van der Waals surface area contributed by atoms with Crippen LogP contribution in [-0.4, -0.2) is 23.3 Å². The number of rotatable bonds is 16. The monoisotopic (exact) mass is 446 g/mol. The molecule has 1 aromatic carbocycles. The fourth-order valence-corrected chi connectivity index (χ4v) is 3.87. The number of ether oxygens (including phenoxy) is 2. The predicted molar refractivity (Wildman–Crippen MR) is 118 cm³/mol. The quantitative estimate of drug-likeness (QED) is 0.165. The maximum Gasteiger partial charge on any atom is 0.283 e. The summed E-state index contributed by atoms with van der Waals surface area (Å²) in [5.41, 5.74) is 0.135. The molecule has 1 aromatic rings. The van der Waals surface area contributed by atoms with Crippen LogP contribution in [0.5, 0.6) is 0 Å². The van der Waals surface area contributed by atoms with E-state index in [1.165, 1.54) is 19.3 Å². The van der Waals surface area contributed by atoms with E-state index >= 15 is 0 Å². The SMILES string of the molecule is CCCCCCCCC(CCCc1cc(F)c(F)cc1F)C(O)(OC(C)C)OC(C)C. The maximum absolute atomic E-state index is 14.0. The molecule has 0 aliphatic rings. The van der Waals surface area contributed by atoms with E-state index < -0.39 is 23.4 Å². The van der Waals surface area contributed by atoms with Gasteiger partial charge in [0.1, 0.15) is 5.82 Å². The minimum atomic E-state index is -1.74. The van der Waals surface area contributed by atoms with Gasteiger partial charge in [0.2, 0.25) is 0 Å². The third kappa shape index (κ3) is 10.4. The zero-order valence-corrected chi connectivity index (χ0v) is 19.9. The summed E-state index contributed by atoms with van der Waals surface area (Å²) in [6, 6.07) is 1.49. The summed E-state index contributed by atoms with van der Waals surface area (Å²) < 4.78 is 52.3. The van der Waals surface area contributed by atoms with Gasteiger partial charge in [-0.3, -0.25) is 0 Å². The topological polar surface area (TPSA) is 38.7 Å². The Bertz CT molecular complexity index is 625. The Morgan fingerprint density at radius 1 is 0.774 bits per heavy atom. The van der Waals surface area contributed by atoms with Gasteiger partial charge in [-0.1, -0.05) is 45.4 Å². The molecule has 1 unspecified atom stereocenters. The maximum atomic E-state index is 14.0. The van der Waals surface area contributed by atoms with Crippen LogP contribution in [0.25, 0.3) is 0 Å². The van der Waals surface area contributed by atoms with Crippen molar-refractivity contribution in [3.8, 4) is 0 Å². The molecule has 0 aromatic heterocycles. The van der Waals surface area contributed by atoms with Gasteiger partial charge in [-0.25, -0.2) is 13.2 Å². The molecule has 0 radical (unpaired) electrons. The van der Waals surface area contributed by atoms with Crippen molar-refractivity contribution in [3.63, 3.8) is 0 Å². The third-order valence-corrected chi connectivity index (χ3v) is 5.32. The summed E-state index contributed by atoms with van der Waals surface area (Å²) in [5, 5.41) is 11.3. The summed E-state index contributed by atoms with van der Waals surface area (Å²) in [6.07, 6.45) is 8.25. The van der Waals surface area contributed by atoms with Crippen molar-refractivity contribution >= 4 is 0 Å². The zero-order chi connectivity index (χ0) is 23.4. The van der Waals surface area contributed by atoms with Gasteiger partial charge < -0.3 is 14.6 Å². The number of halogens is 3. The van der Waals surface area contributed by atoms with Gasteiger partial charge in [0, 0.05) is 12.0 Å². The molecule has 1 N–H and O–H groups in total. The molecule has 1 rings (SSSR count). The highest BCUT2D eigenvalue weighted by Gasteiger charge is 2.40. The van der Waals surface area contributed by atoms with Crippen LogP contribution in [0.3, 0.4) is 0 Å². The van der Waals surface area contributed by atoms with E-state index in [0.29, 0.717) is 25.3 Å². The van der Waals surface area contributed by atoms with Crippen LogP contribution in [0.2, 0.25) is 0 Å². The molecule has 0 heterocycles. The van der Waals surface area contributed by atoms with E-state index in [1.807, 2.05) is 27.7 Å². The predicted octanol–water partition coefficient (Wildman–Crippen LogP) is 7.29. The van der Waals surface area contributed by atoms with Crippen molar-refractivity contribution < 1.29 is 27.8 Å².